The van der Waals surface area contributed by atoms with Crippen molar-refractivity contribution in [3.63, 3.8) is 0 Å². The maximum absolute atomic E-state index is 13.8. The monoisotopic (exact) mass is 254 g/mol. The van der Waals surface area contributed by atoms with E-state index >= 15 is 0 Å². The average molecular weight is 254 g/mol. The molecule has 0 radical (unpaired) electrons. The number of carbonyl (C=O) groups is 1. The first-order chi connectivity index (χ1) is 8.54. The van der Waals surface area contributed by atoms with Crippen LogP contribution in [0, 0.1) is 23.5 Å². The van der Waals surface area contributed by atoms with E-state index in [0.717, 1.165) is 25.0 Å². The van der Waals surface area contributed by atoms with Crippen LogP contribution in [0.25, 0.3) is 0 Å². The van der Waals surface area contributed by atoms with Crippen molar-refractivity contribution in [2.45, 2.75) is 26.2 Å². The Morgan fingerprint density at radius 3 is 2.33 bits per heavy atom. The van der Waals surface area contributed by atoms with Gasteiger partial charge in [-0.05, 0) is 18.8 Å². The highest BCUT2D eigenvalue weighted by Crippen LogP contribution is 2.35. The number of ether oxygens (including phenoxy) is 1. The van der Waals surface area contributed by atoms with Gasteiger partial charge in [-0.2, -0.15) is 0 Å². The molecule has 0 aliphatic heterocycles. The third kappa shape index (κ3) is 2.24. The molecule has 0 aromatic heterocycles. The van der Waals surface area contributed by atoms with Crippen molar-refractivity contribution < 1.29 is 18.3 Å². The maximum atomic E-state index is 13.8. The minimum atomic E-state index is -0.837. The molecular formula is C14H16F2O2. The third-order valence-electron chi connectivity index (χ3n) is 3.70. The van der Waals surface area contributed by atoms with Gasteiger partial charge >= 0.3 is 0 Å². The second-order valence-electron chi connectivity index (χ2n) is 4.84. The van der Waals surface area contributed by atoms with Gasteiger partial charge < -0.3 is 4.74 Å². The second kappa shape index (κ2) is 5.04. The summed E-state index contributed by atoms with van der Waals surface area (Å²) in [6.45, 7) is 1.95. The maximum Gasteiger partial charge on any atom is 0.172 e. The van der Waals surface area contributed by atoms with Crippen molar-refractivity contribution in [3.05, 3.63) is 29.3 Å². The molecule has 2 unspecified atom stereocenters. The number of ketones is 1. The highest BCUT2D eigenvalue weighted by molar-refractivity contribution is 5.98. The Morgan fingerprint density at radius 1 is 1.28 bits per heavy atom. The van der Waals surface area contributed by atoms with Crippen molar-refractivity contribution in [3.8, 4) is 5.75 Å². The molecule has 0 bridgehead atoms. The van der Waals surface area contributed by atoms with Crippen molar-refractivity contribution in [1.29, 1.82) is 0 Å². The molecule has 1 fully saturated rings. The van der Waals surface area contributed by atoms with Gasteiger partial charge in [0.15, 0.2) is 5.78 Å². The lowest BCUT2D eigenvalue weighted by Gasteiger charge is -2.15. The number of rotatable bonds is 3. The van der Waals surface area contributed by atoms with E-state index in [0.29, 0.717) is 6.42 Å². The van der Waals surface area contributed by atoms with E-state index in [9.17, 15) is 13.6 Å². The van der Waals surface area contributed by atoms with Gasteiger partial charge in [-0.25, -0.2) is 8.78 Å². The van der Waals surface area contributed by atoms with Crippen LogP contribution < -0.4 is 4.74 Å². The number of hydrogen-bond donors (Lipinski definition) is 0. The number of carbonyl (C=O) groups excluding carboxylic acids is 1. The van der Waals surface area contributed by atoms with Gasteiger partial charge in [-0.15, -0.1) is 0 Å². The van der Waals surface area contributed by atoms with Crippen molar-refractivity contribution in [2.75, 3.05) is 7.11 Å². The van der Waals surface area contributed by atoms with Gasteiger partial charge in [0.05, 0.1) is 12.7 Å². The van der Waals surface area contributed by atoms with E-state index in [1.54, 1.807) is 0 Å². The minimum Gasteiger partial charge on any atom is -0.497 e. The van der Waals surface area contributed by atoms with E-state index in [-0.39, 0.29) is 17.6 Å². The van der Waals surface area contributed by atoms with E-state index in [2.05, 4.69) is 0 Å². The fourth-order valence-corrected chi connectivity index (χ4v) is 2.62. The van der Waals surface area contributed by atoms with Crippen molar-refractivity contribution in [2.24, 2.45) is 11.8 Å². The molecule has 2 nitrogen and oxygen atoms in total. The molecule has 0 N–H and O–H groups in total. The van der Waals surface area contributed by atoms with Gasteiger partial charge in [0, 0.05) is 18.1 Å². The molecule has 18 heavy (non-hydrogen) atoms. The van der Waals surface area contributed by atoms with Crippen LogP contribution in [0.3, 0.4) is 0 Å². The van der Waals surface area contributed by atoms with Crippen LogP contribution in [0.2, 0.25) is 0 Å². The molecule has 4 heteroatoms. The summed E-state index contributed by atoms with van der Waals surface area (Å²) in [5.41, 5.74) is -0.422. The predicted octanol–water partition coefficient (Wildman–Crippen LogP) is 3.59. The molecule has 2 atom stereocenters. The van der Waals surface area contributed by atoms with Crippen LogP contribution >= 0.6 is 0 Å². The highest BCUT2D eigenvalue weighted by Gasteiger charge is 2.33. The Labute approximate surface area is 105 Å². The molecular weight excluding hydrogens is 238 g/mol. The molecule has 2 rings (SSSR count). The SMILES string of the molecule is COc1cc(F)c(C(=O)C2CCCC2C)c(F)c1. The largest absolute Gasteiger partial charge is 0.497 e. The molecule has 1 aliphatic carbocycles. The quantitative estimate of drug-likeness (QED) is 0.770. The number of Topliss-reactive ketones (excluding diaryl/α,β-unsaturated/α-hetero) is 1. The normalized spacial score (nSPS) is 23.1. The van der Waals surface area contributed by atoms with E-state index in [1.807, 2.05) is 6.92 Å². The summed E-state index contributed by atoms with van der Waals surface area (Å²) < 4.78 is 32.3. The molecule has 98 valence electrons. The zero-order chi connectivity index (χ0) is 13.3. The standard InChI is InChI=1S/C14H16F2O2/c1-8-4-3-5-10(8)14(17)13-11(15)6-9(18-2)7-12(13)16/h6-8,10H,3-5H2,1-2H3. The summed E-state index contributed by atoms with van der Waals surface area (Å²) in [7, 11) is 1.33. The first kappa shape index (κ1) is 13.0. The average Bonchev–Trinajstić information content (AvgIpc) is 2.74. The molecule has 0 saturated heterocycles. The van der Waals surface area contributed by atoms with Gasteiger partial charge in [-0.3, -0.25) is 4.79 Å². The molecule has 1 aromatic carbocycles. The lowest BCUT2D eigenvalue weighted by molar-refractivity contribution is 0.0888. The van der Waals surface area contributed by atoms with Crippen LogP contribution in [0.4, 0.5) is 8.78 Å². The lowest BCUT2D eigenvalue weighted by Crippen LogP contribution is -2.20. The molecule has 1 aromatic rings. The Morgan fingerprint density at radius 2 is 1.89 bits per heavy atom. The Bertz CT molecular complexity index is 448. The lowest BCUT2D eigenvalue weighted by atomic mass is 9.89. The topological polar surface area (TPSA) is 26.3 Å². The van der Waals surface area contributed by atoms with Crippen LogP contribution in [0.1, 0.15) is 36.5 Å². The van der Waals surface area contributed by atoms with Gasteiger partial charge in [0.25, 0.3) is 0 Å². The fraction of sp³-hybridized carbons (Fsp3) is 0.500. The Hall–Kier alpha value is -1.45. The summed E-state index contributed by atoms with van der Waals surface area (Å²) in [5.74, 6) is -2.08. The van der Waals surface area contributed by atoms with E-state index in [1.165, 1.54) is 7.11 Å². The summed E-state index contributed by atoms with van der Waals surface area (Å²) in [5, 5.41) is 0. The molecule has 0 amide bonds. The van der Waals surface area contributed by atoms with Crippen LogP contribution in [0.15, 0.2) is 12.1 Å². The van der Waals surface area contributed by atoms with Crippen LogP contribution in [-0.2, 0) is 0 Å². The van der Waals surface area contributed by atoms with Gasteiger partial charge in [-0.1, -0.05) is 13.3 Å². The second-order valence-corrected chi connectivity index (χ2v) is 4.84. The Kier molecular flexibility index (Phi) is 3.64. The van der Waals surface area contributed by atoms with E-state index < -0.39 is 23.0 Å². The molecule has 1 saturated carbocycles. The predicted molar refractivity (Wildman–Crippen MR) is 63.7 cm³/mol. The van der Waals surface area contributed by atoms with Crippen LogP contribution in [0.5, 0.6) is 5.75 Å². The summed E-state index contributed by atoms with van der Waals surface area (Å²) in [4.78, 5) is 12.2. The zero-order valence-electron chi connectivity index (χ0n) is 10.5. The van der Waals surface area contributed by atoms with E-state index in [4.69, 9.17) is 4.74 Å². The molecule has 1 aliphatic rings. The number of halogens is 2. The highest BCUT2D eigenvalue weighted by atomic mass is 19.1. The molecule has 0 spiro atoms. The Balaban J connectivity index is 2.36. The number of benzene rings is 1. The first-order valence-corrected chi connectivity index (χ1v) is 6.12. The smallest absolute Gasteiger partial charge is 0.172 e. The third-order valence-corrected chi connectivity index (χ3v) is 3.70. The number of methoxy groups -OCH3 is 1. The van der Waals surface area contributed by atoms with Gasteiger partial charge in [0.2, 0.25) is 0 Å². The van der Waals surface area contributed by atoms with Crippen molar-refractivity contribution in [1.82, 2.24) is 0 Å². The number of hydrogen-bond acceptors (Lipinski definition) is 2. The summed E-state index contributed by atoms with van der Waals surface area (Å²) >= 11 is 0. The first-order valence-electron chi connectivity index (χ1n) is 6.12. The van der Waals surface area contributed by atoms with Crippen molar-refractivity contribution >= 4 is 5.78 Å². The minimum absolute atomic E-state index is 0.0843. The van der Waals surface area contributed by atoms with Crippen LogP contribution in [-0.4, -0.2) is 12.9 Å². The zero-order valence-corrected chi connectivity index (χ0v) is 10.5. The fourth-order valence-electron chi connectivity index (χ4n) is 2.62. The summed E-state index contributed by atoms with van der Waals surface area (Å²) in [6.07, 6.45) is 2.59. The summed E-state index contributed by atoms with van der Waals surface area (Å²) in [6, 6.07) is 2.10. The molecule has 0 heterocycles. The van der Waals surface area contributed by atoms with Gasteiger partial charge in [0.1, 0.15) is 17.4 Å².